The second-order valence-corrected chi connectivity index (χ2v) is 7.05. The number of halogens is 1. The lowest BCUT2D eigenvalue weighted by Crippen LogP contribution is -2.47. The normalized spacial score (nSPS) is 23.1. The van der Waals surface area contributed by atoms with Gasteiger partial charge in [-0.3, -0.25) is 19.3 Å². The van der Waals surface area contributed by atoms with Gasteiger partial charge in [-0.1, -0.05) is 38.0 Å². The van der Waals surface area contributed by atoms with Crippen molar-refractivity contribution in [1.82, 2.24) is 15.1 Å². The van der Waals surface area contributed by atoms with Crippen LogP contribution in [0, 0.1) is 11.7 Å². The molecule has 0 bridgehead atoms. The topological polar surface area (TPSA) is 86.8 Å². The average Bonchev–Trinajstić information content (AvgIpc) is 2.85. The van der Waals surface area contributed by atoms with Crippen LogP contribution in [-0.4, -0.2) is 46.1 Å². The van der Waals surface area contributed by atoms with Crippen LogP contribution in [0.25, 0.3) is 0 Å². The smallest absolute Gasteiger partial charge is 0.334 e. The number of carbonyl (C=O) groups excluding carboxylic acids is 4. The first kappa shape index (κ1) is 19.0. The van der Waals surface area contributed by atoms with Crippen LogP contribution in [0.3, 0.4) is 0 Å². The summed E-state index contributed by atoms with van der Waals surface area (Å²) >= 11 is 0. The zero-order valence-electron chi connectivity index (χ0n) is 15.1. The Kier molecular flexibility index (Phi) is 5.53. The van der Waals surface area contributed by atoms with E-state index in [0.29, 0.717) is 16.9 Å². The Hall–Kier alpha value is -2.77. The monoisotopic (exact) mass is 375 g/mol. The molecule has 2 fully saturated rings. The number of hydrogen-bond donors (Lipinski definition) is 1. The molecule has 2 atom stereocenters. The molecule has 2 aliphatic rings. The first-order valence-electron chi connectivity index (χ1n) is 9.09. The molecule has 1 aromatic carbocycles. The van der Waals surface area contributed by atoms with E-state index in [1.165, 1.54) is 18.2 Å². The van der Waals surface area contributed by atoms with Crippen molar-refractivity contribution >= 4 is 23.8 Å². The van der Waals surface area contributed by atoms with Crippen LogP contribution in [-0.2, 0) is 20.9 Å². The van der Waals surface area contributed by atoms with Crippen molar-refractivity contribution in [1.29, 1.82) is 0 Å². The highest BCUT2D eigenvalue weighted by atomic mass is 19.1. The van der Waals surface area contributed by atoms with Gasteiger partial charge < -0.3 is 5.32 Å². The quantitative estimate of drug-likeness (QED) is 0.628. The van der Waals surface area contributed by atoms with Gasteiger partial charge in [0.25, 0.3) is 0 Å². The summed E-state index contributed by atoms with van der Waals surface area (Å²) in [5, 5.41) is 2.47. The summed E-state index contributed by atoms with van der Waals surface area (Å²) in [6.45, 7) is 1.33. The number of imide groups is 2. The largest absolute Gasteiger partial charge is 0.350 e. The van der Waals surface area contributed by atoms with Crippen LogP contribution in [0.1, 0.15) is 38.2 Å². The Morgan fingerprint density at radius 1 is 1.15 bits per heavy atom. The summed E-state index contributed by atoms with van der Waals surface area (Å²) in [5.41, 5.74) is 0.290. The maximum Gasteiger partial charge on any atom is 0.334 e. The van der Waals surface area contributed by atoms with E-state index in [4.69, 9.17) is 0 Å². The van der Waals surface area contributed by atoms with Crippen molar-refractivity contribution < 1.29 is 23.6 Å². The summed E-state index contributed by atoms with van der Waals surface area (Å²) in [5.74, 6) is -2.83. The van der Waals surface area contributed by atoms with Crippen molar-refractivity contribution in [2.75, 3.05) is 6.54 Å². The van der Waals surface area contributed by atoms with Gasteiger partial charge in [-0.05, 0) is 24.8 Å². The van der Waals surface area contributed by atoms with Crippen molar-refractivity contribution in [2.45, 2.75) is 45.2 Å². The number of benzene rings is 1. The second-order valence-electron chi connectivity index (χ2n) is 7.05. The fourth-order valence-corrected chi connectivity index (χ4v) is 3.67. The SMILES string of the molecule is C[C@@H]1CCCC[C@@H]1N1C(=O)C(=O)N(CC(=O)NCc2ccccc2F)C1=O. The number of urea groups is 1. The highest BCUT2D eigenvalue weighted by molar-refractivity contribution is 6.45. The molecule has 1 N–H and O–H groups in total. The van der Waals surface area contributed by atoms with Gasteiger partial charge in [0.15, 0.2) is 0 Å². The van der Waals surface area contributed by atoms with E-state index >= 15 is 0 Å². The van der Waals surface area contributed by atoms with Crippen molar-refractivity contribution in [3.8, 4) is 0 Å². The minimum absolute atomic E-state index is 0.0704. The van der Waals surface area contributed by atoms with E-state index in [0.717, 1.165) is 24.2 Å². The molecule has 144 valence electrons. The molecule has 1 aliphatic carbocycles. The third-order valence-corrected chi connectivity index (χ3v) is 5.22. The Balaban J connectivity index is 1.63. The van der Waals surface area contributed by atoms with Crippen LogP contribution in [0.2, 0.25) is 0 Å². The zero-order chi connectivity index (χ0) is 19.6. The molecule has 1 saturated heterocycles. The van der Waals surface area contributed by atoms with Crippen LogP contribution < -0.4 is 5.32 Å². The summed E-state index contributed by atoms with van der Waals surface area (Å²) in [7, 11) is 0. The summed E-state index contributed by atoms with van der Waals surface area (Å²) in [6.07, 6.45) is 3.48. The minimum Gasteiger partial charge on any atom is -0.350 e. The lowest BCUT2D eigenvalue weighted by molar-refractivity contribution is -0.145. The fraction of sp³-hybridized carbons (Fsp3) is 0.474. The lowest BCUT2D eigenvalue weighted by atomic mass is 9.85. The molecular formula is C19H22FN3O4. The van der Waals surface area contributed by atoms with Crippen LogP contribution >= 0.6 is 0 Å². The molecule has 1 aliphatic heterocycles. The van der Waals surface area contributed by atoms with Gasteiger partial charge in [-0.15, -0.1) is 0 Å². The molecule has 1 saturated carbocycles. The highest BCUT2D eigenvalue weighted by Gasteiger charge is 2.49. The number of rotatable bonds is 5. The van der Waals surface area contributed by atoms with Gasteiger partial charge in [-0.2, -0.15) is 0 Å². The summed E-state index contributed by atoms with van der Waals surface area (Å²) in [4.78, 5) is 50.9. The molecular weight excluding hydrogens is 353 g/mol. The predicted octanol–water partition coefficient (Wildman–Crippen LogP) is 1.81. The highest BCUT2D eigenvalue weighted by Crippen LogP contribution is 2.31. The van der Waals surface area contributed by atoms with Gasteiger partial charge in [0, 0.05) is 18.2 Å². The molecule has 0 radical (unpaired) electrons. The van der Waals surface area contributed by atoms with E-state index in [1.54, 1.807) is 6.07 Å². The van der Waals surface area contributed by atoms with Crippen molar-refractivity contribution in [2.24, 2.45) is 5.92 Å². The third-order valence-electron chi connectivity index (χ3n) is 5.22. The third kappa shape index (κ3) is 3.84. The maximum absolute atomic E-state index is 13.6. The van der Waals surface area contributed by atoms with Gasteiger partial charge in [0.2, 0.25) is 5.91 Å². The predicted molar refractivity (Wildman–Crippen MR) is 93.6 cm³/mol. The first-order chi connectivity index (χ1) is 12.9. The lowest BCUT2D eigenvalue weighted by Gasteiger charge is -2.34. The number of carbonyl (C=O) groups is 4. The van der Waals surface area contributed by atoms with Crippen molar-refractivity contribution in [3.63, 3.8) is 0 Å². The van der Waals surface area contributed by atoms with E-state index in [9.17, 15) is 23.6 Å². The fourth-order valence-electron chi connectivity index (χ4n) is 3.67. The van der Waals surface area contributed by atoms with Gasteiger partial charge in [0.05, 0.1) is 0 Å². The molecule has 3 rings (SSSR count). The Labute approximate surface area is 156 Å². The summed E-state index contributed by atoms with van der Waals surface area (Å²) < 4.78 is 13.6. The molecule has 7 nitrogen and oxygen atoms in total. The Bertz CT molecular complexity index is 782. The van der Waals surface area contributed by atoms with E-state index in [1.807, 2.05) is 6.92 Å². The van der Waals surface area contributed by atoms with E-state index in [-0.39, 0.29) is 18.5 Å². The molecule has 8 heteroatoms. The average molecular weight is 375 g/mol. The number of hydrogen-bond acceptors (Lipinski definition) is 4. The molecule has 0 unspecified atom stereocenters. The number of nitrogens with zero attached hydrogens (tertiary/aromatic N) is 2. The van der Waals surface area contributed by atoms with Crippen LogP contribution in [0.15, 0.2) is 24.3 Å². The number of nitrogens with one attached hydrogen (secondary N) is 1. The Morgan fingerprint density at radius 3 is 2.56 bits per heavy atom. The zero-order valence-corrected chi connectivity index (χ0v) is 15.1. The van der Waals surface area contributed by atoms with Crippen LogP contribution in [0.4, 0.5) is 9.18 Å². The maximum atomic E-state index is 13.6. The standard InChI is InChI=1S/C19H22FN3O4/c1-12-6-2-5-9-15(12)23-18(26)17(25)22(19(23)27)11-16(24)21-10-13-7-3-4-8-14(13)20/h3-4,7-8,12,15H,2,5-6,9-11H2,1H3,(H,21,24)/t12-,15+/m1/s1. The minimum atomic E-state index is -0.987. The second kappa shape index (κ2) is 7.85. The molecule has 1 aromatic rings. The first-order valence-corrected chi connectivity index (χ1v) is 9.09. The molecule has 27 heavy (non-hydrogen) atoms. The Morgan fingerprint density at radius 2 is 1.85 bits per heavy atom. The van der Waals surface area contributed by atoms with E-state index < -0.39 is 36.1 Å². The van der Waals surface area contributed by atoms with Crippen molar-refractivity contribution in [3.05, 3.63) is 35.6 Å². The van der Waals surface area contributed by atoms with E-state index in [2.05, 4.69) is 5.32 Å². The van der Waals surface area contributed by atoms with Crippen LogP contribution in [0.5, 0.6) is 0 Å². The summed E-state index contributed by atoms with van der Waals surface area (Å²) in [6, 6.07) is 4.92. The number of amides is 5. The van der Waals surface area contributed by atoms with Gasteiger partial charge in [-0.25, -0.2) is 14.1 Å². The molecule has 0 aromatic heterocycles. The molecule has 1 heterocycles. The van der Waals surface area contributed by atoms with Gasteiger partial charge in [0.1, 0.15) is 12.4 Å². The van der Waals surface area contributed by atoms with Gasteiger partial charge >= 0.3 is 17.8 Å². The molecule has 0 spiro atoms. The molecule has 5 amide bonds.